The number of anilines is 2. The average Bonchev–Trinajstić information content (AvgIpc) is 2.89. The van der Waals surface area contributed by atoms with Crippen LogP contribution in [0, 0.1) is 11.7 Å². The molecule has 1 atom stereocenters. The molecule has 0 aromatic heterocycles. The van der Waals surface area contributed by atoms with E-state index in [-0.39, 0.29) is 16.6 Å². The highest BCUT2D eigenvalue weighted by atomic mass is 32.2. The number of amides is 1. The summed E-state index contributed by atoms with van der Waals surface area (Å²) in [5, 5.41) is 2.90. The highest BCUT2D eigenvalue weighted by Gasteiger charge is 2.27. The lowest BCUT2D eigenvalue weighted by Gasteiger charge is -2.32. The SMILES string of the molecule is CC1CCN(c2ccc(C(C)NC(=O)CN(c3ccc(F)cc3)S(=O)(=O)c3ccccc3)cc2)CC1. The number of carbonyl (C=O) groups is 1. The Balaban J connectivity index is 1.47. The molecule has 1 aliphatic rings. The van der Waals surface area contributed by atoms with Crippen LogP contribution in [0.15, 0.2) is 83.8 Å². The van der Waals surface area contributed by atoms with Crippen LogP contribution >= 0.6 is 0 Å². The number of rotatable bonds is 8. The Morgan fingerprint density at radius 1 is 1.00 bits per heavy atom. The molecule has 0 aliphatic carbocycles. The van der Waals surface area contributed by atoms with Crippen LogP contribution in [0.3, 0.4) is 0 Å². The first kappa shape index (κ1) is 25.7. The van der Waals surface area contributed by atoms with Crippen LogP contribution in [0.4, 0.5) is 15.8 Å². The van der Waals surface area contributed by atoms with E-state index >= 15 is 0 Å². The second-order valence-electron chi connectivity index (χ2n) is 9.35. The molecule has 1 aliphatic heterocycles. The van der Waals surface area contributed by atoms with Gasteiger partial charge in [0.2, 0.25) is 5.91 Å². The molecule has 8 heteroatoms. The van der Waals surface area contributed by atoms with E-state index in [4.69, 9.17) is 0 Å². The van der Waals surface area contributed by atoms with E-state index in [0.29, 0.717) is 0 Å². The van der Waals surface area contributed by atoms with Gasteiger partial charge in [0.15, 0.2) is 0 Å². The van der Waals surface area contributed by atoms with E-state index in [1.165, 1.54) is 54.9 Å². The molecule has 1 N–H and O–H groups in total. The van der Waals surface area contributed by atoms with Crippen LogP contribution in [-0.4, -0.2) is 34.0 Å². The van der Waals surface area contributed by atoms with Crippen LogP contribution in [0.25, 0.3) is 0 Å². The molecule has 3 aromatic rings. The van der Waals surface area contributed by atoms with Crippen molar-refractivity contribution in [2.24, 2.45) is 5.92 Å². The number of nitrogens with zero attached hydrogens (tertiary/aromatic N) is 2. The Kier molecular flexibility index (Phi) is 7.94. The van der Waals surface area contributed by atoms with Gasteiger partial charge in [-0.15, -0.1) is 0 Å². The topological polar surface area (TPSA) is 69.7 Å². The molecule has 6 nitrogen and oxygen atoms in total. The number of hydrogen-bond acceptors (Lipinski definition) is 4. The molecule has 1 amide bonds. The Bertz CT molecular complexity index is 1260. The van der Waals surface area contributed by atoms with Gasteiger partial charge in [-0.1, -0.05) is 37.3 Å². The van der Waals surface area contributed by atoms with Crippen molar-refractivity contribution in [3.8, 4) is 0 Å². The monoisotopic (exact) mass is 509 g/mol. The summed E-state index contributed by atoms with van der Waals surface area (Å²) in [5.74, 6) is -0.187. The molecule has 0 radical (unpaired) electrons. The van der Waals surface area contributed by atoms with Crippen molar-refractivity contribution in [1.82, 2.24) is 5.32 Å². The molecular weight excluding hydrogens is 477 g/mol. The maximum atomic E-state index is 13.5. The zero-order chi connectivity index (χ0) is 25.7. The fraction of sp³-hybridized carbons (Fsp3) is 0.321. The third-order valence-electron chi connectivity index (χ3n) is 6.65. The number of sulfonamides is 1. The van der Waals surface area contributed by atoms with Gasteiger partial charge in [0.25, 0.3) is 10.0 Å². The van der Waals surface area contributed by atoms with Gasteiger partial charge in [0.05, 0.1) is 16.6 Å². The summed E-state index contributed by atoms with van der Waals surface area (Å²) in [5.41, 5.74) is 2.31. The molecule has 4 rings (SSSR count). The summed E-state index contributed by atoms with van der Waals surface area (Å²) in [6, 6.07) is 20.8. The van der Waals surface area contributed by atoms with E-state index in [1.54, 1.807) is 18.2 Å². The maximum absolute atomic E-state index is 13.5. The van der Waals surface area contributed by atoms with E-state index in [9.17, 15) is 17.6 Å². The van der Waals surface area contributed by atoms with Crippen molar-refractivity contribution in [3.63, 3.8) is 0 Å². The molecule has 0 bridgehead atoms. The summed E-state index contributed by atoms with van der Waals surface area (Å²) in [6.07, 6.45) is 2.37. The van der Waals surface area contributed by atoms with Crippen molar-refractivity contribution >= 4 is 27.3 Å². The van der Waals surface area contributed by atoms with E-state index in [0.717, 1.165) is 28.9 Å². The number of piperidine rings is 1. The van der Waals surface area contributed by atoms with Crippen LogP contribution in [0.1, 0.15) is 38.3 Å². The second kappa shape index (κ2) is 11.1. The van der Waals surface area contributed by atoms with Crippen LogP contribution in [0.2, 0.25) is 0 Å². The van der Waals surface area contributed by atoms with Crippen molar-refractivity contribution in [2.75, 3.05) is 28.8 Å². The number of halogens is 1. The largest absolute Gasteiger partial charge is 0.372 e. The Hall–Kier alpha value is -3.39. The van der Waals surface area contributed by atoms with Gasteiger partial charge < -0.3 is 10.2 Å². The van der Waals surface area contributed by atoms with Gasteiger partial charge in [0, 0.05) is 18.8 Å². The molecule has 3 aromatic carbocycles. The summed E-state index contributed by atoms with van der Waals surface area (Å²) in [7, 11) is -4.04. The molecule has 0 spiro atoms. The summed E-state index contributed by atoms with van der Waals surface area (Å²) >= 11 is 0. The molecule has 1 heterocycles. The Morgan fingerprint density at radius 3 is 2.22 bits per heavy atom. The maximum Gasteiger partial charge on any atom is 0.264 e. The zero-order valence-electron chi connectivity index (χ0n) is 20.6. The lowest BCUT2D eigenvalue weighted by Crippen LogP contribution is -2.41. The minimum Gasteiger partial charge on any atom is -0.372 e. The van der Waals surface area contributed by atoms with Gasteiger partial charge in [-0.2, -0.15) is 0 Å². The van der Waals surface area contributed by atoms with E-state index < -0.39 is 28.3 Å². The average molecular weight is 510 g/mol. The lowest BCUT2D eigenvalue weighted by atomic mass is 9.98. The van der Waals surface area contributed by atoms with Gasteiger partial charge >= 0.3 is 0 Å². The molecule has 190 valence electrons. The van der Waals surface area contributed by atoms with Crippen molar-refractivity contribution in [3.05, 3.63) is 90.2 Å². The first-order valence-corrected chi connectivity index (χ1v) is 13.7. The van der Waals surface area contributed by atoms with Crippen LogP contribution < -0.4 is 14.5 Å². The van der Waals surface area contributed by atoms with Crippen molar-refractivity contribution in [2.45, 2.75) is 37.6 Å². The minimum absolute atomic E-state index is 0.0536. The third-order valence-corrected chi connectivity index (χ3v) is 8.44. The predicted molar refractivity (Wildman–Crippen MR) is 141 cm³/mol. The normalized spacial score (nSPS) is 15.4. The van der Waals surface area contributed by atoms with Gasteiger partial charge in [-0.05, 0) is 79.8 Å². The zero-order valence-corrected chi connectivity index (χ0v) is 21.4. The summed E-state index contributed by atoms with van der Waals surface area (Å²) in [6.45, 7) is 5.80. The molecule has 1 fully saturated rings. The van der Waals surface area contributed by atoms with Gasteiger partial charge in [-0.3, -0.25) is 9.10 Å². The standard InChI is InChI=1S/C28H32FN3O3S/c1-21-16-18-31(19-17-21)25-12-8-23(9-13-25)22(2)30-28(33)20-32(26-14-10-24(29)11-15-26)36(34,35)27-6-4-3-5-7-27/h3-15,21-22H,16-20H2,1-2H3,(H,30,33). The van der Waals surface area contributed by atoms with E-state index in [2.05, 4.69) is 29.3 Å². The van der Waals surface area contributed by atoms with Gasteiger partial charge in [0.1, 0.15) is 12.4 Å². The fourth-order valence-corrected chi connectivity index (χ4v) is 5.83. The molecule has 1 unspecified atom stereocenters. The number of hydrogen-bond donors (Lipinski definition) is 1. The second-order valence-corrected chi connectivity index (χ2v) is 11.2. The first-order valence-electron chi connectivity index (χ1n) is 12.2. The minimum atomic E-state index is -4.04. The summed E-state index contributed by atoms with van der Waals surface area (Å²) < 4.78 is 41.2. The van der Waals surface area contributed by atoms with E-state index in [1.807, 2.05) is 19.1 Å². The highest BCUT2D eigenvalue weighted by Crippen LogP contribution is 2.26. The first-order chi connectivity index (χ1) is 17.2. The number of carbonyl (C=O) groups excluding carboxylic acids is 1. The molecule has 1 saturated heterocycles. The Labute approximate surface area is 212 Å². The quantitative estimate of drug-likeness (QED) is 0.457. The summed E-state index contributed by atoms with van der Waals surface area (Å²) in [4.78, 5) is 15.4. The molecular formula is C28H32FN3O3S. The highest BCUT2D eigenvalue weighted by molar-refractivity contribution is 7.92. The smallest absolute Gasteiger partial charge is 0.264 e. The molecule has 0 saturated carbocycles. The third kappa shape index (κ3) is 6.05. The van der Waals surface area contributed by atoms with Crippen LogP contribution in [0.5, 0.6) is 0 Å². The van der Waals surface area contributed by atoms with Crippen molar-refractivity contribution in [1.29, 1.82) is 0 Å². The lowest BCUT2D eigenvalue weighted by molar-refractivity contribution is -0.120. The van der Waals surface area contributed by atoms with Crippen molar-refractivity contribution < 1.29 is 17.6 Å². The fourth-order valence-electron chi connectivity index (χ4n) is 4.38. The number of benzene rings is 3. The Morgan fingerprint density at radius 2 is 1.61 bits per heavy atom. The number of nitrogens with one attached hydrogen (secondary N) is 1. The van der Waals surface area contributed by atoms with Crippen LogP contribution in [-0.2, 0) is 14.8 Å². The predicted octanol–water partition coefficient (Wildman–Crippen LogP) is 5.13. The molecule has 36 heavy (non-hydrogen) atoms. The van der Waals surface area contributed by atoms with Gasteiger partial charge in [-0.25, -0.2) is 12.8 Å².